The van der Waals surface area contributed by atoms with Crippen molar-refractivity contribution in [1.82, 2.24) is 25.4 Å². The maximum atomic E-state index is 13.9. The molecule has 0 fully saturated rings. The average Bonchev–Trinajstić information content (AvgIpc) is 3.17. The number of para-hydroxylation sites is 1. The first-order valence-corrected chi connectivity index (χ1v) is 9.33. The zero-order valence-corrected chi connectivity index (χ0v) is 16.4. The molecule has 0 aliphatic heterocycles. The van der Waals surface area contributed by atoms with Crippen LogP contribution >= 0.6 is 0 Å². The van der Waals surface area contributed by atoms with E-state index >= 15 is 0 Å². The summed E-state index contributed by atoms with van der Waals surface area (Å²) in [7, 11) is 0. The normalized spacial score (nSPS) is 12.6. The molecular weight excluding hydrogens is 355 g/mol. The fraction of sp³-hybridized carbons (Fsp3) is 0.286. The van der Waals surface area contributed by atoms with Gasteiger partial charge in [0.25, 0.3) is 0 Å². The summed E-state index contributed by atoms with van der Waals surface area (Å²) in [5.74, 6) is 1.17. The molecule has 7 heteroatoms. The van der Waals surface area contributed by atoms with Crippen LogP contribution in [0.2, 0.25) is 0 Å². The highest BCUT2D eigenvalue weighted by Gasteiger charge is 2.11. The van der Waals surface area contributed by atoms with Gasteiger partial charge in [-0.1, -0.05) is 30.3 Å². The predicted octanol–water partition coefficient (Wildman–Crippen LogP) is 3.53. The van der Waals surface area contributed by atoms with E-state index in [1.54, 1.807) is 25.4 Å². The SMILES string of the molecule is CCNC(=NCc1nncn1-c1ccccc1)NC(C)c1ccc(C)c(F)c1. The van der Waals surface area contributed by atoms with Gasteiger partial charge >= 0.3 is 0 Å². The molecule has 0 saturated heterocycles. The largest absolute Gasteiger partial charge is 0.357 e. The molecular formula is C21H25FN6. The van der Waals surface area contributed by atoms with Gasteiger partial charge in [-0.15, -0.1) is 10.2 Å². The number of aliphatic imine (C=N–C) groups is 1. The van der Waals surface area contributed by atoms with Crippen LogP contribution in [0.25, 0.3) is 5.69 Å². The van der Waals surface area contributed by atoms with Crippen LogP contribution in [0.4, 0.5) is 4.39 Å². The summed E-state index contributed by atoms with van der Waals surface area (Å²) in [6, 6.07) is 15.1. The van der Waals surface area contributed by atoms with Crippen LogP contribution in [-0.4, -0.2) is 27.3 Å². The Morgan fingerprint density at radius 1 is 1.21 bits per heavy atom. The lowest BCUT2D eigenvalue weighted by atomic mass is 10.1. The summed E-state index contributed by atoms with van der Waals surface area (Å²) >= 11 is 0. The van der Waals surface area contributed by atoms with E-state index in [1.165, 1.54) is 0 Å². The van der Waals surface area contributed by atoms with E-state index in [9.17, 15) is 4.39 Å². The van der Waals surface area contributed by atoms with E-state index in [0.717, 1.165) is 17.1 Å². The minimum atomic E-state index is -0.205. The standard InChI is InChI=1S/C21H25FN6/c1-4-23-21(26-16(3)17-11-10-15(2)19(22)12-17)24-13-20-27-25-14-28(20)18-8-6-5-7-9-18/h5-12,14,16H,4,13H2,1-3H3,(H2,23,24,26). The first kappa shape index (κ1) is 19.5. The Morgan fingerprint density at radius 2 is 2.00 bits per heavy atom. The molecule has 1 aromatic heterocycles. The highest BCUT2D eigenvalue weighted by atomic mass is 19.1. The number of hydrogen-bond acceptors (Lipinski definition) is 3. The molecule has 0 spiro atoms. The molecule has 0 aliphatic rings. The number of benzene rings is 2. The molecule has 3 rings (SSSR count). The Labute approximate surface area is 164 Å². The highest BCUT2D eigenvalue weighted by Crippen LogP contribution is 2.16. The van der Waals surface area contributed by atoms with Crippen LogP contribution < -0.4 is 10.6 Å². The number of nitrogens with zero attached hydrogens (tertiary/aromatic N) is 4. The Balaban J connectivity index is 1.75. The lowest BCUT2D eigenvalue weighted by molar-refractivity contribution is 0.607. The van der Waals surface area contributed by atoms with Crippen molar-refractivity contribution in [2.45, 2.75) is 33.4 Å². The monoisotopic (exact) mass is 380 g/mol. The van der Waals surface area contributed by atoms with E-state index in [1.807, 2.05) is 54.8 Å². The second-order valence-corrected chi connectivity index (χ2v) is 6.52. The average molecular weight is 380 g/mol. The molecule has 2 N–H and O–H groups in total. The molecule has 146 valence electrons. The van der Waals surface area contributed by atoms with Gasteiger partial charge in [0.05, 0.1) is 6.04 Å². The third-order valence-electron chi connectivity index (χ3n) is 4.42. The smallest absolute Gasteiger partial charge is 0.192 e. The summed E-state index contributed by atoms with van der Waals surface area (Å²) in [6.45, 7) is 6.81. The predicted molar refractivity (Wildman–Crippen MR) is 109 cm³/mol. The molecule has 0 saturated carbocycles. The third kappa shape index (κ3) is 4.73. The van der Waals surface area contributed by atoms with Gasteiger partial charge in [-0.05, 0) is 50.1 Å². The van der Waals surface area contributed by atoms with Crippen molar-refractivity contribution in [1.29, 1.82) is 0 Å². The van der Waals surface area contributed by atoms with Crippen molar-refractivity contribution < 1.29 is 4.39 Å². The van der Waals surface area contributed by atoms with Crippen molar-refractivity contribution in [3.05, 3.63) is 77.6 Å². The fourth-order valence-corrected chi connectivity index (χ4v) is 2.81. The fourth-order valence-electron chi connectivity index (χ4n) is 2.81. The van der Waals surface area contributed by atoms with Crippen molar-refractivity contribution in [3.63, 3.8) is 0 Å². The topological polar surface area (TPSA) is 67.1 Å². The van der Waals surface area contributed by atoms with Gasteiger partial charge in [0.15, 0.2) is 11.8 Å². The zero-order chi connectivity index (χ0) is 19.9. The van der Waals surface area contributed by atoms with Gasteiger partial charge in [0, 0.05) is 12.2 Å². The van der Waals surface area contributed by atoms with Gasteiger partial charge in [0.1, 0.15) is 18.7 Å². The lowest BCUT2D eigenvalue weighted by Gasteiger charge is -2.18. The quantitative estimate of drug-likeness (QED) is 0.507. The minimum absolute atomic E-state index is 0.0973. The van der Waals surface area contributed by atoms with Crippen molar-refractivity contribution in [3.8, 4) is 5.69 Å². The van der Waals surface area contributed by atoms with Gasteiger partial charge in [0.2, 0.25) is 0 Å². The highest BCUT2D eigenvalue weighted by molar-refractivity contribution is 5.80. The number of guanidine groups is 1. The molecule has 0 radical (unpaired) electrons. The van der Waals surface area contributed by atoms with Crippen LogP contribution in [0.3, 0.4) is 0 Å². The zero-order valence-electron chi connectivity index (χ0n) is 16.4. The van der Waals surface area contributed by atoms with Crippen LogP contribution in [0.15, 0.2) is 59.9 Å². The number of hydrogen-bond donors (Lipinski definition) is 2. The molecule has 0 bridgehead atoms. The summed E-state index contributed by atoms with van der Waals surface area (Å²) in [6.07, 6.45) is 1.68. The number of aryl methyl sites for hydroxylation is 1. The van der Waals surface area contributed by atoms with Crippen LogP contribution in [-0.2, 0) is 6.54 Å². The van der Waals surface area contributed by atoms with E-state index in [4.69, 9.17) is 0 Å². The van der Waals surface area contributed by atoms with E-state index in [2.05, 4.69) is 25.8 Å². The Kier molecular flexibility index (Phi) is 6.37. The molecule has 6 nitrogen and oxygen atoms in total. The summed E-state index contributed by atoms with van der Waals surface area (Å²) in [5, 5.41) is 14.7. The molecule has 0 amide bonds. The number of nitrogens with one attached hydrogen (secondary N) is 2. The minimum Gasteiger partial charge on any atom is -0.357 e. The second-order valence-electron chi connectivity index (χ2n) is 6.52. The molecule has 28 heavy (non-hydrogen) atoms. The Bertz CT molecular complexity index is 935. The first-order chi connectivity index (χ1) is 13.6. The molecule has 1 heterocycles. The molecule has 1 atom stereocenters. The molecule has 1 unspecified atom stereocenters. The number of rotatable bonds is 6. The van der Waals surface area contributed by atoms with Crippen LogP contribution in [0.5, 0.6) is 0 Å². The van der Waals surface area contributed by atoms with Gasteiger partial charge < -0.3 is 10.6 Å². The first-order valence-electron chi connectivity index (χ1n) is 9.33. The third-order valence-corrected chi connectivity index (χ3v) is 4.42. The Hall–Kier alpha value is -3.22. The van der Waals surface area contributed by atoms with Crippen molar-refractivity contribution in [2.75, 3.05) is 6.54 Å². The lowest BCUT2D eigenvalue weighted by Crippen LogP contribution is -2.38. The number of aromatic nitrogens is 3. The molecule has 0 aliphatic carbocycles. The maximum absolute atomic E-state index is 13.9. The van der Waals surface area contributed by atoms with Crippen molar-refractivity contribution in [2.24, 2.45) is 4.99 Å². The molecule has 2 aromatic carbocycles. The summed E-state index contributed by atoms with van der Waals surface area (Å²) in [5.41, 5.74) is 2.48. The summed E-state index contributed by atoms with van der Waals surface area (Å²) in [4.78, 5) is 4.62. The van der Waals surface area contributed by atoms with Crippen molar-refractivity contribution >= 4 is 5.96 Å². The summed E-state index contributed by atoms with van der Waals surface area (Å²) < 4.78 is 15.8. The van der Waals surface area contributed by atoms with Gasteiger partial charge in [-0.3, -0.25) is 4.57 Å². The second kappa shape index (κ2) is 9.12. The van der Waals surface area contributed by atoms with Crippen LogP contribution in [0.1, 0.15) is 36.8 Å². The van der Waals surface area contributed by atoms with E-state index in [-0.39, 0.29) is 11.9 Å². The van der Waals surface area contributed by atoms with E-state index < -0.39 is 0 Å². The van der Waals surface area contributed by atoms with Gasteiger partial charge in [-0.2, -0.15) is 0 Å². The van der Waals surface area contributed by atoms with Crippen LogP contribution in [0, 0.1) is 12.7 Å². The Morgan fingerprint density at radius 3 is 2.71 bits per heavy atom. The molecule has 3 aromatic rings. The maximum Gasteiger partial charge on any atom is 0.192 e. The van der Waals surface area contributed by atoms with Gasteiger partial charge in [-0.25, -0.2) is 9.38 Å². The van der Waals surface area contributed by atoms with E-state index in [0.29, 0.717) is 24.6 Å². The number of halogens is 1.